The second-order valence-corrected chi connectivity index (χ2v) is 6.50. The van der Waals surface area contributed by atoms with Crippen molar-refractivity contribution in [3.05, 3.63) is 51.7 Å². The molecule has 0 saturated carbocycles. The first-order valence-electron chi connectivity index (χ1n) is 6.62. The summed E-state index contributed by atoms with van der Waals surface area (Å²) in [5, 5.41) is 9.40. The van der Waals surface area contributed by atoms with Gasteiger partial charge in [0.25, 0.3) is 5.78 Å². The van der Waals surface area contributed by atoms with E-state index in [4.69, 9.17) is 0 Å². The normalized spacial score (nSPS) is 22.7. The van der Waals surface area contributed by atoms with Crippen molar-refractivity contribution in [3.8, 4) is 0 Å². The highest BCUT2D eigenvalue weighted by molar-refractivity contribution is 7.13. The van der Waals surface area contributed by atoms with Gasteiger partial charge < -0.3 is 10.0 Å². The molecular weight excluding hydrogens is 334 g/mol. The molecule has 0 spiro atoms. The van der Waals surface area contributed by atoms with Crippen molar-refractivity contribution in [2.45, 2.75) is 18.8 Å². The van der Waals surface area contributed by atoms with E-state index in [1.165, 1.54) is 23.6 Å². The van der Waals surface area contributed by atoms with Crippen molar-refractivity contribution in [2.75, 3.05) is 6.54 Å². The van der Waals surface area contributed by atoms with Crippen molar-refractivity contribution < 1.29 is 27.5 Å². The zero-order chi connectivity index (χ0) is 17.0. The van der Waals surface area contributed by atoms with E-state index in [2.05, 4.69) is 0 Å². The molecule has 1 aromatic heterocycles. The third kappa shape index (κ3) is 2.20. The molecule has 0 radical (unpaired) electrons. The first-order chi connectivity index (χ1) is 10.7. The Hall–Kier alpha value is -2.09. The fourth-order valence-corrected chi connectivity index (χ4v) is 3.29. The minimum absolute atomic E-state index is 0.0694. The minimum atomic E-state index is -4.94. The average molecular weight is 345 g/mol. The van der Waals surface area contributed by atoms with Gasteiger partial charge >= 0.3 is 11.8 Å². The van der Waals surface area contributed by atoms with E-state index in [-0.39, 0.29) is 6.54 Å². The third-order valence-electron chi connectivity index (χ3n) is 3.67. The topological polar surface area (TPSA) is 40.5 Å². The maximum Gasteiger partial charge on any atom is 0.380 e. The van der Waals surface area contributed by atoms with Crippen LogP contribution >= 0.6 is 11.3 Å². The number of hydrogen-bond donors (Lipinski definition) is 1. The molecule has 0 fully saturated rings. The highest BCUT2D eigenvalue weighted by Crippen LogP contribution is 2.48. The molecule has 0 aromatic carbocycles. The number of aliphatic hydroxyl groups is 1. The first-order valence-corrected chi connectivity index (χ1v) is 7.44. The summed E-state index contributed by atoms with van der Waals surface area (Å²) in [4.78, 5) is 14.5. The molecule has 3 rings (SSSR count). The number of halogens is 4. The van der Waals surface area contributed by atoms with Gasteiger partial charge in [0, 0.05) is 22.5 Å². The summed E-state index contributed by atoms with van der Waals surface area (Å²) in [6.07, 6.45) is 4.38. The summed E-state index contributed by atoms with van der Waals surface area (Å²) in [6, 6.07) is 3.79. The van der Waals surface area contributed by atoms with E-state index in [0.29, 0.717) is 0 Å². The Morgan fingerprint density at radius 3 is 2.35 bits per heavy atom. The Morgan fingerprint density at radius 1 is 1.22 bits per heavy atom. The standard InChI is InChI=1S/C15H11F4NO2S/c1-8-2-3-10(23-8)9-4-6-20(7-5-9)11-12(21)14(16,17)15(18,19)13(11)22/h2-6,21H,7H2,1H3. The lowest BCUT2D eigenvalue weighted by atomic mass is 10.1. The number of nitrogens with zero attached hydrogens (tertiary/aromatic N) is 1. The van der Waals surface area contributed by atoms with Crippen LogP contribution in [-0.2, 0) is 4.79 Å². The summed E-state index contributed by atoms with van der Waals surface area (Å²) in [7, 11) is 0. The predicted molar refractivity (Wildman–Crippen MR) is 77.4 cm³/mol. The third-order valence-corrected chi connectivity index (χ3v) is 4.72. The number of carbonyl (C=O) groups is 1. The van der Waals surface area contributed by atoms with Gasteiger partial charge in [0.05, 0.1) is 0 Å². The molecule has 0 amide bonds. The van der Waals surface area contributed by atoms with Crippen LogP contribution in [0.1, 0.15) is 9.75 Å². The van der Waals surface area contributed by atoms with Gasteiger partial charge in [-0.05, 0) is 30.7 Å². The molecule has 122 valence electrons. The van der Waals surface area contributed by atoms with Gasteiger partial charge in [-0.3, -0.25) is 4.79 Å². The largest absolute Gasteiger partial charge is 0.505 e. The Bertz CT molecular complexity index is 776. The molecule has 23 heavy (non-hydrogen) atoms. The van der Waals surface area contributed by atoms with Crippen LogP contribution in [0.3, 0.4) is 0 Å². The molecule has 8 heteroatoms. The number of Topliss-reactive ketones (excluding diaryl/α,β-unsaturated/α-hetero) is 1. The number of allylic oxidation sites excluding steroid dienone is 4. The summed E-state index contributed by atoms with van der Waals surface area (Å²) in [5.41, 5.74) is -0.266. The molecule has 1 aliphatic heterocycles. The van der Waals surface area contributed by atoms with Crippen molar-refractivity contribution in [1.29, 1.82) is 0 Å². The summed E-state index contributed by atoms with van der Waals surface area (Å²) < 4.78 is 53.4. The van der Waals surface area contributed by atoms with E-state index in [1.54, 1.807) is 6.08 Å². The first kappa shape index (κ1) is 15.8. The SMILES string of the molecule is Cc1ccc(C2=CCN(C3=C(O)C(F)(F)C(F)(F)C3=O)C=C2)s1. The molecular formula is C15H11F4NO2S. The minimum Gasteiger partial charge on any atom is -0.505 e. The van der Waals surface area contributed by atoms with Gasteiger partial charge in [0.15, 0.2) is 5.76 Å². The van der Waals surface area contributed by atoms with Crippen molar-refractivity contribution in [2.24, 2.45) is 0 Å². The molecule has 2 aliphatic rings. The second kappa shape index (κ2) is 4.95. The molecule has 0 bridgehead atoms. The molecule has 1 aliphatic carbocycles. The lowest BCUT2D eigenvalue weighted by Crippen LogP contribution is -2.43. The highest BCUT2D eigenvalue weighted by Gasteiger charge is 2.72. The number of rotatable bonds is 2. The zero-order valence-electron chi connectivity index (χ0n) is 11.8. The Labute approximate surface area is 132 Å². The maximum absolute atomic E-state index is 13.4. The average Bonchev–Trinajstić information content (AvgIpc) is 2.97. The van der Waals surface area contributed by atoms with Crippen LogP contribution < -0.4 is 0 Å². The van der Waals surface area contributed by atoms with Crippen LogP contribution in [0, 0.1) is 6.92 Å². The Morgan fingerprint density at radius 2 is 1.91 bits per heavy atom. The van der Waals surface area contributed by atoms with Gasteiger partial charge in [-0.15, -0.1) is 11.3 Å². The smallest absolute Gasteiger partial charge is 0.380 e. The number of carbonyl (C=O) groups excluding carboxylic acids is 1. The van der Waals surface area contributed by atoms with Gasteiger partial charge in [0.2, 0.25) is 0 Å². The van der Waals surface area contributed by atoms with Gasteiger partial charge in [-0.25, -0.2) is 0 Å². The fourth-order valence-electron chi connectivity index (χ4n) is 2.40. The van der Waals surface area contributed by atoms with Crippen LogP contribution in [0.2, 0.25) is 0 Å². The number of aryl methyl sites for hydroxylation is 1. The van der Waals surface area contributed by atoms with Gasteiger partial charge in [0.1, 0.15) is 5.70 Å². The van der Waals surface area contributed by atoms with Crippen molar-refractivity contribution in [3.63, 3.8) is 0 Å². The van der Waals surface area contributed by atoms with E-state index in [9.17, 15) is 27.5 Å². The van der Waals surface area contributed by atoms with Crippen molar-refractivity contribution >= 4 is 22.7 Å². The number of ketones is 1. The van der Waals surface area contributed by atoms with Crippen LogP contribution in [-0.4, -0.2) is 34.2 Å². The predicted octanol–water partition coefficient (Wildman–Crippen LogP) is 3.89. The van der Waals surface area contributed by atoms with Gasteiger partial charge in [-0.1, -0.05) is 6.08 Å². The number of aliphatic hydroxyl groups excluding tert-OH is 1. The van der Waals surface area contributed by atoms with Crippen LogP contribution in [0.25, 0.3) is 5.57 Å². The van der Waals surface area contributed by atoms with E-state index in [0.717, 1.165) is 20.2 Å². The maximum atomic E-state index is 13.4. The summed E-state index contributed by atoms with van der Waals surface area (Å²) in [5.74, 6) is -13.8. The van der Waals surface area contributed by atoms with Crippen molar-refractivity contribution in [1.82, 2.24) is 4.90 Å². The van der Waals surface area contributed by atoms with Crippen LogP contribution in [0.15, 0.2) is 41.9 Å². The second-order valence-electron chi connectivity index (χ2n) is 5.21. The lowest BCUT2D eigenvalue weighted by Gasteiger charge is -2.22. The Kier molecular flexibility index (Phi) is 3.40. The lowest BCUT2D eigenvalue weighted by molar-refractivity contribution is -0.190. The molecule has 1 N–H and O–H groups in total. The monoisotopic (exact) mass is 345 g/mol. The quantitative estimate of drug-likeness (QED) is 0.827. The Balaban J connectivity index is 1.89. The van der Waals surface area contributed by atoms with E-state index in [1.807, 2.05) is 19.1 Å². The fraction of sp³-hybridized carbons (Fsp3) is 0.267. The highest BCUT2D eigenvalue weighted by atomic mass is 32.1. The van der Waals surface area contributed by atoms with E-state index < -0.39 is 29.1 Å². The summed E-state index contributed by atoms with van der Waals surface area (Å²) in [6.45, 7) is 1.86. The van der Waals surface area contributed by atoms with Crippen LogP contribution in [0.4, 0.5) is 17.6 Å². The zero-order valence-corrected chi connectivity index (χ0v) is 12.6. The number of thiophene rings is 1. The molecule has 0 atom stereocenters. The van der Waals surface area contributed by atoms with E-state index >= 15 is 0 Å². The number of alkyl halides is 4. The molecule has 1 aromatic rings. The van der Waals surface area contributed by atoms with Crippen LogP contribution in [0.5, 0.6) is 0 Å². The van der Waals surface area contributed by atoms with Gasteiger partial charge in [-0.2, -0.15) is 17.6 Å². The molecule has 2 heterocycles. The summed E-state index contributed by atoms with van der Waals surface area (Å²) >= 11 is 1.52. The molecule has 3 nitrogen and oxygen atoms in total. The number of hydrogen-bond acceptors (Lipinski definition) is 4. The molecule has 0 unspecified atom stereocenters. The molecule has 0 saturated heterocycles.